The molecule has 1 N–H and O–H groups in total. The monoisotopic (exact) mass is 519 g/mol. The van der Waals surface area contributed by atoms with Crippen LogP contribution in [0.25, 0.3) is 11.0 Å². The quantitative estimate of drug-likeness (QED) is 0.433. The molecule has 0 bridgehead atoms. The van der Waals surface area contributed by atoms with Crippen molar-refractivity contribution in [3.8, 4) is 0 Å². The lowest BCUT2D eigenvalue weighted by molar-refractivity contribution is 0.00689. The predicted octanol–water partition coefficient (Wildman–Crippen LogP) is 5.91. The number of benzene rings is 1. The van der Waals surface area contributed by atoms with Crippen LogP contribution < -0.4 is 5.32 Å². The minimum Gasteiger partial charge on any atom is -0.444 e. The number of hydrogen-bond acceptors (Lipinski definition) is 7. The Labute approximate surface area is 225 Å². The number of nitrogens with one attached hydrogen (secondary N) is 1. The fourth-order valence-corrected chi connectivity index (χ4v) is 5.48. The fourth-order valence-electron chi connectivity index (χ4n) is 5.48. The van der Waals surface area contributed by atoms with Gasteiger partial charge < -0.3 is 19.9 Å². The summed E-state index contributed by atoms with van der Waals surface area (Å²) in [5.41, 5.74) is 2.33. The third-order valence-electron chi connectivity index (χ3n) is 7.57. The second-order valence-electron chi connectivity index (χ2n) is 11.8. The molecule has 0 atom stereocenters. The number of carbonyl (C=O) groups excluding carboxylic acids is 1. The summed E-state index contributed by atoms with van der Waals surface area (Å²) in [4.78, 5) is 26.7. The molecule has 0 radical (unpaired) electrons. The van der Waals surface area contributed by atoms with Gasteiger partial charge in [0.15, 0.2) is 5.65 Å². The normalized spacial score (nSPS) is 18.0. The van der Waals surface area contributed by atoms with E-state index in [-0.39, 0.29) is 12.1 Å². The smallest absolute Gasteiger partial charge is 0.410 e. The summed E-state index contributed by atoms with van der Waals surface area (Å²) < 4.78 is 7.86. The highest BCUT2D eigenvalue weighted by atomic mass is 16.6. The van der Waals surface area contributed by atoms with Crippen molar-refractivity contribution in [2.45, 2.75) is 89.9 Å². The zero-order chi connectivity index (χ0) is 26.7. The lowest BCUT2D eigenvalue weighted by Crippen LogP contribution is -2.47. The molecule has 5 rings (SSSR count). The number of nitrogens with zero attached hydrogens (tertiary/aromatic N) is 6. The summed E-state index contributed by atoms with van der Waals surface area (Å²) >= 11 is 0. The van der Waals surface area contributed by atoms with Gasteiger partial charge in [-0.25, -0.2) is 14.5 Å². The molecule has 2 fully saturated rings. The summed E-state index contributed by atoms with van der Waals surface area (Å²) in [5, 5.41) is 8.94. The minimum atomic E-state index is -0.526. The maximum Gasteiger partial charge on any atom is 0.410 e. The first-order valence-electron chi connectivity index (χ1n) is 14.0. The van der Waals surface area contributed by atoms with Crippen molar-refractivity contribution in [3.63, 3.8) is 0 Å². The van der Waals surface area contributed by atoms with Gasteiger partial charge >= 0.3 is 6.09 Å². The van der Waals surface area contributed by atoms with Gasteiger partial charge in [0, 0.05) is 24.5 Å². The molecule has 38 heavy (non-hydrogen) atoms. The molecule has 2 aromatic heterocycles. The van der Waals surface area contributed by atoms with Crippen LogP contribution in [0.4, 0.5) is 16.4 Å². The van der Waals surface area contributed by atoms with Crippen molar-refractivity contribution in [1.29, 1.82) is 0 Å². The zero-order valence-corrected chi connectivity index (χ0v) is 23.2. The molecule has 3 heterocycles. The first-order chi connectivity index (χ1) is 18.2. The van der Waals surface area contributed by atoms with E-state index in [0.717, 1.165) is 61.1 Å². The fraction of sp³-hybridized carbons (Fsp3) is 0.586. The number of fused-ring (bicyclic) bond motifs is 1. The van der Waals surface area contributed by atoms with Crippen LogP contribution in [-0.2, 0) is 11.3 Å². The Hall–Kier alpha value is -3.20. The summed E-state index contributed by atoms with van der Waals surface area (Å²) in [5.74, 6) is 0.560. The highest BCUT2D eigenvalue weighted by Gasteiger charge is 2.30. The van der Waals surface area contributed by atoms with Crippen molar-refractivity contribution >= 4 is 28.8 Å². The molecular weight excluding hydrogens is 478 g/mol. The number of aromatic nitrogens is 4. The maximum absolute atomic E-state index is 13.1. The van der Waals surface area contributed by atoms with Gasteiger partial charge in [0.25, 0.3) is 0 Å². The molecule has 9 nitrogen and oxygen atoms in total. The Bertz CT molecular complexity index is 1220. The summed E-state index contributed by atoms with van der Waals surface area (Å²) in [6, 6.07) is 8.74. The van der Waals surface area contributed by atoms with E-state index in [1.165, 1.54) is 19.3 Å². The van der Waals surface area contributed by atoms with Crippen LogP contribution in [0.1, 0.15) is 77.3 Å². The molecule has 0 spiro atoms. The zero-order valence-electron chi connectivity index (χ0n) is 23.2. The Balaban J connectivity index is 1.28. The predicted molar refractivity (Wildman–Crippen MR) is 149 cm³/mol. The number of rotatable bonds is 6. The molecule has 1 aromatic carbocycles. The van der Waals surface area contributed by atoms with Crippen LogP contribution in [0.2, 0.25) is 0 Å². The van der Waals surface area contributed by atoms with Crippen LogP contribution in [0.3, 0.4) is 0 Å². The minimum absolute atomic E-state index is 0.174. The highest BCUT2D eigenvalue weighted by Crippen LogP contribution is 2.30. The van der Waals surface area contributed by atoms with Crippen molar-refractivity contribution in [1.82, 2.24) is 29.5 Å². The van der Waals surface area contributed by atoms with Gasteiger partial charge in [-0.3, -0.25) is 0 Å². The number of carbonyl (C=O) groups is 1. The third kappa shape index (κ3) is 6.43. The Morgan fingerprint density at radius 3 is 2.45 bits per heavy atom. The standard InChI is InChI=1S/C29H41N7O2/c1-29(2,3)38-28(37)35(24-14-16-34(4)17-15-24)20-21-10-12-23(13-11-21)32-27-30-18-22-19-31-36(26(22)33-27)25-8-6-5-7-9-25/h10-13,18-19,24-25H,5-9,14-17,20H2,1-4H3,(H,30,32,33). The SMILES string of the molecule is CN1CCC(N(Cc2ccc(Nc3ncc4cnn(C5CCCCC5)c4n3)cc2)C(=O)OC(C)(C)C)CC1. The van der Waals surface area contributed by atoms with Gasteiger partial charge in [-0.15, -0.1) is 0 Å². The Kier molecular flexibility index (Phi) is 7.83. The van der Waals surface area contributed by atoms with Gasteiger partial charge in [0.1, 0.15) is 5.60 Å². The number of anilines is 2. The highest BCUT2D eigenvalue weighted by molar-refractivity contribution is 5.75. The van der Waals surface area contributed by atoms with E-state index in [4.69, 9.17) is 9.72 Å². The largest absolute Gasteiger partial charge is 0.444 e. The molecule has 1 aliphatic heterocycles. The number of piperidine rings is 1. The lowest BCUT2D eigenvalue weighted by Gasteiger charge is -2.38. The molecule has 204 valence electrons. The molecule has 1 aliphatic carbocycles. The van der Waals surface area contributed by atoms with E-state index in [1.54, 1.807) is 0 Å². The van der Waals surface area contributed by atoms with E-state index in [9.17, 15) is 4.79 Å². The number of likely N-dealkylation sites (tertiary alicyclic amines) is 1. The van der Waals surface area contributed by atoms with Gasteiger partial charge in [-0.2, -0.15) is 10.1 Å². The van der Waals surface area contributed by atoms with Crippen molar-refractivity contribution in [2.24, 2.45) is 0 Å². The average molecular weight is 520 g/mol. The van der Waals surface area contributed by atoms with E-state index in [0.29, 0.717) is 18.5 Å². The second kappa shape index (κ2) is 11.3. The summed E-state index contributed by atoms with van der Waals surface area (Å²) in [6.07, 6.45) is 11.5. The molecule has 2 aliphatic rings. The number of amides is 1. The average Bonchev–Trinajstić information content (AvgIpc) is 3.32. The van der Waals surface area contributed by atoms with Crippen molar-refractivity contribution in [3.05, 3.63) is 42.2 Å². The summed E-state index contributed by atoms with van der Waals surface area (Å²) in [7, 11) is 2.13. The van der Waals surface area contributed by atoms with E-state index < -0.39 is 5.60 Å². The topological polar surface area (TPSA) is 88.4 Å². The molecule has 9 heteroatoms. The van der Waals surface area contributed by atoms with Crippen LogP contribution in [0.15, 0.2) is 36.7 Å². The molecule has 3 aromatic rings. The molecule has 1 saturated heterocycles. The first kappa shape index (κ1) is 26.4. The van der Waals surface area contributed by atoms with Crippen LogP contribution in [0.5, 0.6) is 0 Å². The summed E-state index contributed by atoms with van der Waals surface area (Å²) in [6.45, 7) is 8.24. The van der Waals surface area contributed by atoms with E-state index >= 15 is 0 Å². The molecular formula is C29H41N7O2. The maximum atomic E-state index is 13.1. The lowest BCUT2D eigenvalue weighted by atomic mass is 9.96. The molecule has 1 saturated carbocycles. The van der Waals surface area contributed by atoms with Gasteiger partial charge in [0.05, 0.1) is 17.6 Å². The number of ether oxygens (including phenoxy) is 1. The second-order valence-corrected chi connectivity index (χ2v) is 11.8. The molecule has 0 unspecified atom stereocenters. The first-order valence-corrected chi connectivity index (χ1v) is 14.0. The van der Waals surface area contributed by atoms with Crippen LogP contribution >= 0.6 is 0 Å². The molecule has 1 amide bonds. The van der Waals surface area contributed by atoms with Crippen LogP contribution in [-0.4, -0.2) is 67.4 Å². The Morgan fingerprint density at radius 2 is 1.76 bits per heavy atom. The van der Waals surface area contributed by atoms with E-state index in [1.807, 2.05) is 50.2 Å². The van der Waals surface area contributed by atoms with Gasteiger partial charge in [-0.05, 0) is 84.3 Å². The van der Waals surface area contributed by atoms with Gasteiger partial charge in [0.2, 0.25) is 5.95 Å². The Morgan fingerprint density at radius 1 is 1.05 bits per heavy atom. The van der Waals surface area contributed by atoms with Crippen molar-refractivity contribution < 1.29 is 9.53 Å². The van der Waals surface area contributed by atoms with Crippen molar-refractivity contribution in [2.75, 3.05) is 25.5 Å². The van der Waals surface area contributed by atoms with Crippen LogP contribution in [0, 0.1) is 0 Å². The number of hydrogen-bond donors (Lipinski definition) is 1. The van der Waals surface area contributed by atoms with Gasteiger partial charge in [-0.1, -0.05) is 31.4 Å². The van der Waals surface area contributed by atoms with E-state index in [2.05, 4.69) is 44.2 Å². The third-order valence-corrected chi connectivity index (χ3v) is 7.57.